The van der Waals surface area contributed by atoms with E-state index in [0.717, 1.165) is 11.1 Å². The highest BCUT2D eigenvalue weighted by molar-refractivity contribution is 8.00. The summed E-state index contributed by atoms with van der Waals surface area (Å²) in [6.45, 7) is 0. The number of anilines is 2. The van der Waals surface area contributed by atoms with Gasteiger partial charge in [-0.3, -0.25) is 0 Å². The molecule has 9 heteroatoms. The van der Waals surface area contributed by atoms with Crippen molar-refractivity contribution in [1.82, 2.24) is 15.0 Å². The average molecular weight is 486 g/mol. The van der Waals surface area contributed by atoms with Crippen molar-refractivity contribution in [1.29, 1.82) is 0 Å². The highest BCUT2D eigenvalue weighted by Crippen LogP contribution is 2.30. The lowest BCUT2D eigenvalue weighted by atomic mass is 9.96. The number of aromatic nitrogens is 3. The number of nitrogens with one attached hydrogen (secondary N) is 2. The monoisotopic (exact) mass is 485 g/mol. The molecule has 2 N–H and O–H groups in total. The largest absolute Gasteiger partial charge is 0.481 e. The van der Waals surface area contributed by atoms with Crippen molar-refractivity contribution in [3.63, 3.8) is 0 Å². The summed E-state index contributed by atoms with van der Waals surface area (Å²) in [5, 5.41) is 3.50. The predicted molar refractivity (Wildman–Crippen MR) is 133 cm³/mol. The van der Waals surface area contributed by atoms with E-state index in [-0.39, 0.29) is 5.02 Å². The molecular formula is C24H25ClFN5OS. The molecule has 0 atom stereocenters. The Labute approximate surface area is 202 Å². The minimum atomic E-state index is -0.462. The maximum atomic E-state index is 13.6. The van der Waals surface area contributed by atoms with Crippen LogP contribution < -0.4 is 14.8 Å². The predicted octanol–water partition coefficient (Wildman–Crippen LogP) is 6.71. The first kappa shape index (κ1) is 23.3. The molecule has 0 unspecified atom stereocenters. The van der Waals surface area contributed by atoms with E-state index in [0.29, 0.717) is 28.6 Å². The maximum absolute atomic E-state index is 13.6. The molecule has 0 bridgehead atoms. The van der Waals surface area contributed by atoms with Gasteiger partial charge in [-0.15, -0.1) is 0 Å². The van der Waals surface area contributed by atoms with Gasteiger partial charge in [-0.05, 0) is 55.1 Å². The summed E-state index contributed by atoms with van der Waals surface area (Å²) in [6, 6.07) is 8.83. The fourth-order valence-electron chi connectivity index (χ4n) is 3.58. The second-order valence-corrected chi connectivity index (χ2v) is 8.93. The second kappa shape index (κ2) is 11.3. The summed E-state index contributed by atoms with van der Waals surface area (Å²) in [7, 11) is 1.56. The number of nitrogens with zero attached hydrogens (tertiary/aromatic N) is 3. The zero-order valence-corrected chi connectivity index (χ0v) is 19.8. The lowest BCUT2D eigenvalue weighted by molar-refractivity contribution is 0.397. The van der Waals surface area contributed by atoms with Gasteiger partial charge in [0.15, 0.2) is 0 Å². The van der Waals surface area contributed by atoms with Gasteiger partial charge in [0.1, 0.15) is 11.6 Å². The highest BCUT2D eigenvalue weighted by Gasteiger charge is 2.14. The van der Waals surface area contributed by atoms with Crippen LogP contribution in [0.15, 0.2) is 47.6 Å². The van der Waals surface area contributed by atoms with Crippen molar-refractivity contribution in [2.24, 2.45) is 0 Å². The van der Waals surface area contributed by atoms with Gasteiger partial charge in [-0.1, -0.05) is 43.0 Å². The minimum Gasteiger partial charge on any atom is -0.481 e. The van der Waals surface area contributed by atoms with Crippen molar-refractivity contribution >= 4 is 47.5 Å². The zero-order valence-electron chi connectivity index (χ0n) is 18.2. The summed E-state index contributed by atoms with van der Waals surface area (Å²) >= 11 is 7.18. The van der Waals surface area contributed by atoms with E-state index in [1.807, 2.05) is 24.3 Å². The summed E-state index contributed by atoms with van der Waals surface area (Å²) in [4.78, 5) is 13.9. The normalized spacial score (nSPS) is 14.4. The molecule has 0 spiro atoms. The molecule has 4 rings (SSSR count). The first-order valence-electron chi connectivity index (χ1n) is 10.8. The number of pyridine rings is 1. The van der Waals surface area contributed by atoms with Crippen LogP contribution in [0.3, 0.4) is 0 Å². The second-order valence-electron chi connectivity index (χ2n) is 7.70. The smallest absolute Gasteiger partial charge is 0.222 e. The van der Waals surface area contributed by atoms with Crippen LogP contribution in [-0.2, 0) is 0 Å². The number of hydrogen-bond acceptors (Lipinski definition) is 7. The molecule has 1 aromatic carbocycles. The van der Waals surface area contributed by atoms with Gasteiger partial charge in [0, 0.05) is 29.6 Å². The summed E-state index contributed by atoms with van der Waals surface area (Å²) in [5.41, 5.74) is 1.69. The van der Waals surface area contributed by atoms with Crippen molar-refractivity contribution in [3.8, 4) is 5.88 Å². The Morgan fingerprint density at radius 3 is 2.64 bits per heavy atom. The molecule has 0 saturated heterocycles. The molecule has 0 aliphatic heterocycles. The molecule has 0 radical (unpaired) electrons. The molecule has 172 valence electrons. The number of benzene rings is 1. The lowest BCUT2D eigenvalue weighted by Crippen LogP contribution is -2.23. The molecule has 6 nitrogen and oxygen atoms in total. The number of methoxy groups -OCH3 is 1. The van der Waals surface area contributed by atoms with Gasteiger partial charge in [0.2, 0.25) is 11.8 Å². The Bertz CT molecular complexity index is 1110. The Hall–Kier alpha value is -2.84. The van der Waals surface area contributed by atoms with E-state index < -0.39 is 5.82 Å². The van der Waals surface area contributed by atoms with Crippen LogP contribution in [0.4, 0.5) is 16.2 Å². The topological polar surface area (TPSA) is 72.0 Å². The third kappa shape index (κ3) is 6.36. The highest BCUT2D eigenvalue weighted by atomic mass is 35.5. The van der Waals surface area contributed by atoms with Crippen LogP contribution in [0.25, 0.3) is 12.2 Å². The quantitative estimate of drug-likeness (QED) is 0.343. The van der Waals surface area contributed by atoms with Crippen LogP contribution in [0.5, 0.6) is 5.88 Å². The number of ether oxygens (including phenoxy) is 1. The molecular weight excluding hydrogens is 461 g/mol. The first-order valence-corrected chi connectivity index (χ1v) is 12.0. The molecule has 1 aliphatic rings. The van der Waals surface area contributed by atoms with E-state index in [2.05, 4.69) is 25.0 Å². The Kier molecular flexibility index (Phi) is 8.01. The first-order chi connectivity index (χ1) is 16.1. The van der Waals surface area contributed by atoms with E-state index in [1.165, 1.54) is 50.1 Å². The van der Waals surface area contributed by atoms with Crippen molar-refractivity contribution in [2.75, 3.05) is 17.1 Å². The van der Waals surface area contributed by atoms with Gasteiger partial charge >= 0.3 is 0 Å². The van der Waals surface area contributed by atoms with E-state index in [4.69, 9.17) is 16.3 Å². The molecule has 33 heavy (non-hydrogen) atoms. The van der Waals surface area contributed by atoms with Crippen molar-refractivity contribution in [2.45, 2.75) is 43.0 Å². The molecule has 2 heterocycles. The van der Waals surface area contributed by atoms with Crippen LogP contribution >= 0.6 is 23.5 Å². The SMILES string of the molecule is COc1nc(NSc2cccc(F)c2Cl)ccc1/C=C/c1cnc(NC2CCCCC2)nc1. The van der Waals surface area contributed by atoms with Gasteiger partial charge in [-0.2, -0.15) is 4.98 Å². The third-order valence-electron chi connectivity index (χ3n) is 5.33. The molecule has 3 aromatic rings. The van der Waals surface area contributed by atoms with Crippen molar-refractivity contribution in [3.05, 3.63) is 64.7 Å². The Morgan fingerprint density at radius 2 is 1.88 bits per heavy atom. The Balaban J connectivity index is 1.38. The summed E-state index contributed by atoms with van der Waals surface area (Å²) in [5.74, 6) is 1.23. The average Bonchev–Trinajstić information content (AvgIpc) is 2.85. The summed E-state index contributed by atoms with van der Waals surface area (Å²) < 4.78 is 22.1. The number of hydrogen-bond donors (Lipinski definition) is 2. The maximum Gasteiger partial charge on any atom is 0.222 e. The Morgan fingerprint density at radius 1 is 1.09 bits per heavy atom. The fraction of sp³-hybridized carbons (Fsp3) is 0.292. The molecule has 1 aliphatic carbocycles. The minimum absolute atomic E-state index is 0.0729. The fourth-order valence-corrected chi connectivity index (χ4v) is 4.49. The van der Waals surface area contributed by atoms with Crippen molar-refractivity contribution < 1.29 is 9.13 Å². The van der Waals surface area contributed by atoms with E-state index in [1.54, 1.807) is 31.6 Å². The summed E-state index contributed by atoms with van der Waals surface area (Å²) in [6.07, 6.45) is 13.6. The third-order valence-corrected chi connectivity index (χ3v) is 6.70. The van der Waals surface area contributed by atoms with Crippen LogP contribution in [0.2, 0.25) is 5.02 Å². The lowest BCUT2D eigenvalue weighted by Gasteiger charge is -2.22. The molecule has 1 saturated carbocycles. The van der Waals surface area contributed by atoms with Crippen LogP contribution in [0, 0.1) is 5.82 Å². The van der Waals surface area contributed by atoms with Gasteiger partial charge in [-0.25, -0.2) is 14.4 Å². The van der Waals surface area contributed by atoms with Gasteiger partial charge in [0.05, 0.1) is 17.0 Å². The molecule has 2 aromatic heterocycles. The van der Waals surface area contributed by atoms with E-state index >= 15 is 0 Å². The standard InChI is InChI=1S/C24H25ClFN5OS/c1-32-23-17(12-13-21(30-23)31-33-20-9-5-8-19(26)22(20)25)11-10-16-14-27-24(28-15-16)29-18-6-3-2-4-7-18/h5,8-15,18H,2-4,6-7H2,1H3,(H,30,31)(H,27,28,29)/b11-10+. The molecule has 0 amide bonds. The number of rotatable bonds is 8. The number of halogens is 2. The van der Waals surface area contributed by atoms with Crippen LogP contribution in [-0.4, -0.2) is 28.1 Å². The van der Waals surface area contributed by atoms with Gasteiger partial charge in [0.25, 0.3) is 0 Å². The van der Waals surface area contributed by atoms with Gasteiger partial charge < -0.3 is 14.8 Å². The van der Waals surface area contributed by atoms with E-state index in [9.17, 15) is 4.39 Å². The van der Waals surface area contributed by atoms with Crippen LogP contribution in [0.1, 0.15) is 43.2 Å². The molecule has 1 fully saturated rings. The zero-order chi connectivity index (χ0) is 23.0.